The van der Waals surface area contributed by atoms with Gasteiger partial charge in [-0.05, 0) is 29.7 Å². The topological polar surface area (TPSA) is 32.3 Å². The van der Waals surface area contributed by atoms with E-state index in [1.54, 1.807) is 0 Å². The summed E-state index contributed by atoms with van der Waals surface area (Å²) in [5.41, 5.74) is 3.53. The molecule has 0 amide bonds. The van der Waals surface area contributed by atoms with Crippen LogP contribution in [0.25, 0.3) is 0 Å². The molecule has 0 spiro atoms. The van der Waals surface area contributed by atoms with Gasteiger partial charge in [0, 0.05) is 0 Å². The molecule has 1 aliphatic heterocycles. The third-order valence-corrected chi connectivity index (χ3v) is 3.61. The predicted octanol–water partition coefficient (Wildman–Crippen LogP) is 2.61. The smallest absolute Gasteiger partial charge is 0.0984 e. The molecule has 2 nitrogen and oxygen atoms in total. The van der Waals surface area contributed by atoms with Crippen LogP contribution in [0.4, 0.5) is 0 Å². The first kappa shape index (κ1) is 11.5. The highest BCUT2D eigenvalue weighted by atomic mass is 16.3. The number of aliphatic hydroxyl groups excluding tert-OH is 1. The maximum absolute atomic E-state index is 10.5. The van der Waals surface area contributed by atoms with Crippen LogP contribution in [-0.2, 0) is 6.42 Å². The standard InChI is InChI=1S/C16H17NO/c18-16(13-7-2-1-3-8-13)15-14-9-5-4-6-12(14)10-11-17-15/h1-9,15-18H,10-11H2/t15-,16-/m1/s1. The fourth-order valence-corrected chi connectivity index (χ4v) is 2.66. The van der Waals surface area contributed by atoms with Gasteiger partial charge in [-0.1, -0.05) is 54.6 Å². The molecule has 0 bridgehead atoms. The summed E-state index contributed by atoms with van der Waals surface area (Å²) in [5, 5.41) is 14.0. The number of hydrogen-bond donors (Lipinski definition) is 2. The van der Waals surface area contributed by atoms with E-state index in [1.807, 2.05) is 36.4 Å². The van der Waals surface area contributed by atoms with Crippen molar-refractivity contribution in [1.29, 1.82) is 0 Å². The number of nitrogens with one attached hydrogen (secondary N) is 1. The molecule has 2 aromatic carbocycles. The third-order valence-electron chi connectivity index (χ3n) is 3.61. The van der Waals surface area contributed by atoms with E-state index in [0.29, 0.717) is 0 Å². The van der Waals surface area contributed by atoms with E-state index in [4.69, 9.17) is 0 Å². The number of aliphatic hydroxyl groups is 1. The molecule has 0 saturated heterocycles. The van der Waals surface area contributed by atoms with Crippen molar-refractivity contribution < 1.29 is 5.11 Å². The lowest BCUT2D eigenvalue weighted by Gasteiger charge is -2.30. The van der Waals surface area contributed by atoms with Crippen molar-refractivity contribution in [2.75, 3.05) is 6.54 Å². The Balaban J connectivity index is 1.94. The zero-order valence-electron chi connectivity index (χ0n) is 10.2. The zero-order valence-corrected chi connectivity index (χ0v) is 10.2. The number of hydrogen-bond acceptors (Lipinski definition) is 2. The SMILES string of the molecule is O[C@H](c1ccccc1)[C@@H]1NCCc2ccccc21. The maximum atomic E-state index is 10.5. The Kier molecular flexibility index (Phi) is 3.13. The molecule has 1 heterocycles. The molecule has 2 N–H and O–H groups in total. The Hall–Kier alpha value is -1.64. The molecule has 0 radical (unpaired) electrons. The van der Waals surface area contributed by atoms with Crippen molar-refractivity contribution >= 4 is 0 Å². The number of rotatable bonds is 2. The summed E-state index contributed by atoms with van der Waals surface area (Å²) in [4.78, 5) is 0. The van der Waals surface area contributed by atoms with E-state index >= 15 is 0 Å². The lowest BCUT2D eigenvalue weighted by Crippen LogP contribution is -2.33. The summed E-state index contributed by atoms with van der Waals surface area (Å²) in [7, 11) is 0. The van der Waals surface area contributed by atoms with E-state index in [0.717, 1.165) is 18.5 Å². The summed E-state index contributed by atoms with van der Waals surface area (Å²) in [5.74, 6) is 0. The van der Waals surface area contributed by atoms with Crippen LogP contribution in [0, 0.1) is 0 Å². The quantitative estimate of drug-likeness (QED) is 0.844. The normalized spacial score (nSPS) is 20.2. The second kappa shape index (κ2) is 4.92. The summed E-state index contributed by atoms with van der Waals surface area (Å²) in [6.07, 6.45) is 0.543. The number of fused-ring (bicyclic) bond motifs is 1. The third kappa shape index (κ3) is 2.05. The first-order valence-electron chi connectivity index (χ1n) is 6.40. The molecule has 0 aliphatic carbocycles. The largest absolute Gasteiger partial charge is 0.386 e. The van der Waals surface area contributed by atoms with Crippen molar-refractivity contribution in [3.8, 4) is 0 Å². The first-order chi connectivity index (χ1) is 8.86. The van der Waals surface area contributed by atoms with E-state index in [-0.39, 0.29) is 6.04 Å². The van der Waals surface area contributed by atoms with Gasteiger partial charge in [-0.15, -0.1) is 0 Å². The molecule has 1 aliphatic rings. The molecular weight excluding hydrogens is 222 g/mol. The monoisotopic (exact) mass is 239 g/mol. The maximum Gasteiger partial charge on any atom is 0.0984 e. The van der Waals surface area contributed by atoms with Gasteiger partial charge >= 0.3 is 0 Å². The fraction of sp³-hybridized carbons (Fsp3) is 0.250. The van der Waals surface area contributed by atoms with Gasteiger partial charge in [-0.2, -0.15) is 0 Å². The van der Waals surface area contributed by atoms with Crippen molar-refractivity contribution in [2.24, 2.45) is 0 Å². The van der Waals surface area contributed by atoms with Gasteiger partial charge in [0.25, 0.3) is 0 Å². The highest BCUT2D eigenvalue weighted by Crippen LogP contribution is 2.32. The van der Waals surface area contributed by atoms with Gasteiger partial charge in [0.1, 0.15) is 0 Å². The van der Waals surface area contributed by atoms with Crippen LogP contribution in [-0.4, -0.2) is 11.7 Å². The van der Waals surface area contributed by atoms with E-state index < -0.39 is 6.10 Å². The molecule has 0 unspecified atom stereocenters. The Morgan fingerprint density at radius 1 is 1.00 bits per heavy atom. The van der Waals surface area contributed by atoms with E-state index in [9.17, 15) is 5.11 Å². The van der Waals surface area contributed by atoms with Crippen LogP contribution in [0.2, 0.25) is 0 Å². The van der Waals surface area contributed by atoms with Crippen LogP contribution >= 0.6 is 0 Å². The van der Waals surface area contributed by atoms with Gasteiger partial charge in [0.15, 0.2) is 0 Å². The van der Waals surface area contributed by atoms with Gasteiger partial charge in [0.05, 0.1) is 12.1 Å². The van der Waals surface area contributed by atoms with Crippen LogP contribution < -0.4 is 5.32 Å². The van der Waals surface area contributed by atoms with Crippen LogP contribution in [0.5, 0.6) is 0 Å². The van der Waals surface area contributed by atoms with Gasteiger partial charge in [-0.3, -0.25) is 0 Å². The second-order valence-electron chi connectivity index (χ2n) is 4.74. The van der Waals surface area contributed by atoms with Crippen molar-refractivity contribution in [3.05, 3.63) is 71.3 Å². The average Bonchev–Trinajstić information content (AvgIpc) is 2.47. The molecule has 0 saturated carbocycles. The summed E-state index contributed by atoms with van der Waals surface area (Å²) in [6.45, 7) is 0.922. The van der Waals surface area contributed by atoms with Gasteiger partial charge in [-0.25, -0.2) is 0 Å². The Morgan fingerprint density at radius 3 is 2.56 bits per heavy atom. The van der Waals surface area contributed by atoms with E-state index in [2.05, 4.69) is 23.5 Å². The molecular formula is C16H17NO. The lowest BCUT2D eigenvalue weighted by molar-refractivity contribution is 0.125. The molecule has 0 fully saturated rings. The summed E-state index contributed by atoms with van der Waals surface area (Å²) >= 11 is 0. The van der Waals surface area contributed by atoms with E-state index in [1.165, 1.54) is 11.1 Å². The summed E-state index contributed by atoms with van der Waals surface area (Å²) < 4.78 is 0. The molecule has 92 valence electrons. The summed E-state index contributed by atoms with van der Waals surface area (Å²) in [6, 6.07) is 18.2. The minimum atomic E-state index is -0.493. The molecule has 0 aromatic heterocycles. The second-order valence-corrected chi connectivity index (χ2v) is 4.74. The minimum absolute atomic E-state index is 0.00245. The van der Waals surface area contributed by atoms with Crippen molar-refractivity contribution in [2.45, 2.75) is 18.6 Å². The highest BCUT2D eigenvalue weighted by molar-refractivity contribution is 5.35. The molecule has 2 aromatic rings. The van der Waals surface area contributed by atoms with Gasteiger partial charge < -0.3 is 10.4 Å². The Bertz CT molecular complexity index is 524. The molecule has 3 rings (SSSR count). The van der Waals surface area contributed by atoms with Crippen LogP contribution in [0.1, 0.15) is 28.8 Å². The van der Waals surface area contributed by atoms with Crippen LogP contribution in [0.15, 0.2) is 54.6 Å². The molecule has 2 atom stereocenters. The van der Waals surface area contributed by atoms with Crippen molar-refractivity contribution in [1.82, 2.24) is 5.32 Å². The highest BCUT2D eigenvalue weighted by Gasteiger charge is 2.26. The van der Waals surface area contributed by atoms with Gasteiger partial charge in [0.2, 0.25) is 0 Å². The minimum Gasteiger partial charge on any atom is -0.386 e. The Morgan fingerprint density at radius 2 is 1.72 bits per heavy atom. The number of benzene rings is 2. The van der Waals surface area contributed by atoms with Crippen LogP contribution in [0.3, 0.4) is 0 Å². The van der Waals surface area contributed by atoms with Crippen molar-refractivity contribution in [3.63, 3.8) is 0 Å². The molecule has 18 heavy (non-hydrogen) atoms. The average molecular weight is 239 g/mol. The molecule has 2 heteroatoms. The predicted molar refractivity (Wildman–Crippen MR) is 72.3 cm³/mol. The first-order valence-corrected chi connectivity index (χ1v) is 6.40. The fourth-order valence-electron chi connectivity index (χ4n) is 2.66. The zero-order chi connectivity index (χ0) is 12.4. The lowest BCUT2D eigenvalue weighted by atomic mass is 9.88. The Labute approximate surface area is 107 Å².